The molecule has 0 spiro atoms. The normalized spacial score (nSPS) is 10.6. The van der Waals surface area contributed by atoms with Crippen LogP contribution >= 0.6 is 0 Å². The van der Waals surface area contributed by atoms with Gasteiger partial charge in [0.1, 0.15) is 5.56 Å². The molecule has 0 aliphatic carbocycles. The highest BCUT2D eigenvalue weighted by Crippen LogP contribution is 2.33. The number of benzene rings is 1. The van der Waals surface area contributed by atoms with Gasteiger partial charge in [-0.3, -0.25) is 19.2 Å². The number of carbonyl (C=O) groups excluding carboxylic acids is 3. The molecular weight excluding hydrogens is 330 g/mol. The second-order valence-electron chi connectivity index (χ2n) is 5.27. The van der Waals surface area contributed by atoms with Gasteiger partial charge in [0.25, 0.3) is 11.8 Å². The van der Waals surface area contributed by atoms with Gasteiger partial charge in [0.05, 0.1) is 5.52 Å². The summed E-state index contributed by atoms with van der Waals surface area (Å²) in [7, 11) is 1.50. The SMILES string of the molecule is CC(=O)Oc1c(C(OC(C)=O)OC(C)=O)c(=O)n(C)c2ccccc12. The molecule has 0 N–H and O–H groups in total. The van der Waals surface area contributed by atoms with E-state index >= 15 is 0 Å². The van der Waals surface area contributed by atoms with Crippen LogP contribution in [0.5, 0.6) is 5.75 Å². The van der Waals surface area contributed by atoms with E-state index in [0.29, 0.717) is 10.9 Å². The number of aromatic nitrogens is 1. The third-order valence-corrected chi connectivity index (χ3v) is 3.32. The van der Waals surface area contributed by atoms with Gasteiger partial charge in [-0.15, -0.1) is 0 Å². The average Bonchev–Trinajstić information content (AvgIpc) is 2.50. The Morgan fingerprint density at radius 1 is 0.960 bits per heavy atom. The van der Waals surface area contributed by atoms with E-state index in [9.17, 15) is 19.2 Å². The van der Waals surface area contributed by atoms with Crippen LogP contribution in [0.15, 0.2) is 29.1 Å². The van der Waals surface area contributed by atoms with E-state index in [4.69, 9.17) is 14.2 Å². The van der Waals surface area contributed by atoms with Crippen molar-refractivity contribution >= 4 is 28.8 Å². The highest BCUT2D eigenvalue weighted by molar-refractivity contribution is 5.89. The monoisotopic (exact) mass is 347 g/mol. The minimum absolute atomic E-state index is 0.112. The first kappa shape index (κ1) is 18.2. The summed E-state index contributed by atoms with van der Waals surface area (Å²) in [6, 6.07) is 6.71. The third-order valence-electron chi connectivity index (χ3n) is 3.32. The van der Waals surface area contributed by atoms with Gasteiger partial charge in [-0.1, -0.05) is 12.1 Å². The van der Waals surface area contributed by atoms with Crippen LogP contribution < -0.4 is 10.3 Å². The topological polar surface area (TPSA) is 101 Å². The van der Waals surface area contributed by atoms with Gasteiger partial charge in [-0.05, 0) is 12.1 Å². The smallest absolute Gasteiger partial charge is 0.308 e. The molecule has 8 nitrogen and oxygen atoms in total. The molecule has 0 aliphatic rings. The summed E-state index contributed by atoms with van der Waals surface area (Å²) in [4.78, 5) is 47.0. The first-order chi connectivity index (χ1) is 11.7. The first-order valence-electron chi connectivity index (χ1n) is 7.36. The molecule has 1 heterocycles. The molecule has 0 bridgehead atoms. The zero-order chi connectivity index (χ0) is 18.7. The highest BCUT2D eigenvalue weighted by Gasteiger charge is 2.30. The maximum atomic E-state index is 12.8. The number of para-hydroxylation sites is 1. The number of rotatable bonds is 4. The van der Waals surface area contributed by atoms with Crippen molar-refractivity contribution in [2.75, 3.05) is 0 Å². The van der Waals surface area contributed by atoms with Gasteiger partial charge < -0.3 is 18.8 Å². The molecule has 1 aromatic carbocycles. The molecule has 0 saturated heterocycles. The minimum atomic E-state index is -1.63. The summed E-state index contributed by atoms with van der Waals surface area (Å²) in [6.45, 7) is 3.38. The Morgan fingerprint density at radius 2 is 1.52 bits per heavy atom. The average molecular weight is 347 g/mol. The molecule has 0 aliphatic heterocycles. The second-order valence-corrected chi connectivity index (χ2v) is 5.27. The fourth-order valence-corrected chi connectivity index (χ4v) is 2.40. The maximum absolute atomic E-state index is 12.8. The molecule has 0 fully saturated rings. The molecule has 0 atom stereocenters. The van der Waals surface area contributed by atoms with Crippen LogP contribution in [0.1, 0.15) is 32.6 Å². The largest absolute Gasteiger partial charge is 0.425 e. The van der Waals surface area contributed by atoms with Crippen molar-refractivity contribution in [3.63, 3.8) is 0 Å². The Labute approximate surface area is 142 Å². The maximum Gasteiger partial charge on any atom is 0.308 e. The predicted octanol–water partition coefficient (Wildman–Crippen LogP) is 1.59. The summed E-state index contributed by atoms with van der Waals surface area (Å²) in [5, 5.41) is 0.430. The lowest BCUT2D eigenvalue weighted by atomic mass is 10.1. The first-order valence-corrected chi connectivity index (χ1v) is 7.36. The second kappa shape index (κ2) is 7.16. The summed E-state index contributed by atoms with van der Waals surface area (Å²) in [5.41, 5.74) is -0.374. The summed E-state index contributed by atoms with van der Waals surface area (Å²) >= 11 is 0. The summed E-state index contributed by atoms with van der Waals surface area (Å²) in [5.74, 6) is -2.33. The molecule has 0 saturated carbocycles. The van der Waals surface area contributed by atoms with Crippen LogP contribution in [0, 0.1) is 0 Å². The van der Waals surface area contributed by atoms with Gasteiger partial charge in [0.15, 0.2) is 5.75 Å². The minimum Gasteiger partial charge on any atom is -0.425 e. The molecule has 0 unspecified atom stereocenters. The third kappa shape index (κ3) is 3.85. The van der Waals surface area contributed by atoms with Crippen molar-refractivity contribution < 1.29 is 28.6 Å². The van der Waals surface area contributed by atoms with E-state index in [0.717, 1.165) is 13.8 Å². The van der Waals surface area contributed by atoms with E-state index in [1.54, 1.807) is 24.3 Å². The van der Waals surface area contributed by atoms with Gasteiger partial charge >= 0.3 is 17.9 Å². The number of ether oxygens (including phenoxy) is 3. The molecule has 132 valence electrons. The highest BCUT2D eigenvalue weighted by atomic mass is 16.7. The summed E-state index contributed by atoms with van der Waals surface area (Å²) < 4.78 is 16.4. The van der Waals surface area contributed by atoms with Crippen molar-refractivity contribution in [1.82, 2.24) is 4.57 Å². The van der Waals surface area contributed by atoms with Crippen molar-refractivity contribution in [3.8, 4) is 5.75 Å². The van der Waals surface area contributed by atoms with Crippen LogP contribution in [0.4, 0.5) is 0 Å². The zero-order valence-corrected chi connectivity index (χ0v) is 14.2. The van der Waals surface area contributed by atoms with Gasteiger partial charge in [0, 0.05) is 33.2 Å². The van der Waals surface area contributed by atoms with Crippen LogP contribution in [0.3, 0.4) is 0 Å². The van der Waals surface area contributed by atoms with Crippen molar-refractivity contribution in [3.05, 3.63) is 40.2 Å². The molecular formula is C17H17NO7. The van der Waals surface area contributed by atoms with Gasteiger partial charge in [-0.2, -0.15) is 0 Å². The Hall–Kier alpha value is -3.16. The van der Waals surface area contributed by atoms with Crippen molar-refractivity contribution in [1.29, 1.82) is 0 Å². The number of esters is 3. The number of hydrogen-bond acceptors (Lipinski definition) is 7. The van der Waals surface area contributed by atoms with E-state index in [1.165, 1.54) is 18.5 Å². The number of nitrogens with zero attached hydrogens (tertiary/aromatic N) is 1. The summed E-state index contributed by atoms with van der Waals surface area (Å²) in [6.07, 6.45) is -1.63. The molecule has 2 aromatic rings. The fraction of sp³-hybridized carbons (Fsp3) is 0.294. The lowest BCUT2D eigenvalue weighted by molar-refractivity contribution is -0.186. The Kier molecular flexibility index (Phi) is 5.21. The number of pyridine rings is 1. The fourth-order valence-electron chi connectivity index (χ4n) is 2.40. The standard InChI is InChI=1S/C17H17NO7/c1-9(19)23-15-12-7-5-6-8-13(12)18(4)16(22)14(15)17(24-10(2)20)25-11(3)21/h5-8,17H,1-4H3. The van der Waals surface area contributed by atoms with E-state index < -0.39 is 29.8 Å². The number of hydrogen-bond donors (Lipinski definition) is 0. The molecule has 8 heteroatoms. The quantitative estimate of drug-likeness (QED) is 0.611. The van der Waals surface area contributed by atoms with Crippen LogP contribution in [-0.2, 0) is 30.9 Å². The lowest BCUT2D eigenvalue weighted by Crippen LogP contribution is -2.29. The number of carbonyl (C=O) groups is 3. The van der Waals surface area contributed by atoms with Crippen molar-refractivity contribution in [2.24, 2.45) is 7.05 Å². The van der Waals surface area contributed by atoms with E-state index in [2.05, 4.69) is 0 Å². The molecule has 0 radical (unpaired) electrons. The Bertz CT molecular complexity index is 897. The molecule has 2 rings (SSSR count). The van der Waals surface area contributed by atoms with Gasteiger partial charge in [-0.25, -0.2) is 0 Å². The van der Waals surface area contributed by atoms with Crippen LogP contribution in [-0.4, -0.2) is 22.5 Å². The molecule has 1 aromatic heterocycles. The zero-order valence-electron chi connectivity index (χ0n) is 14.2. The number of aryl methyl sites for hydroxylation is 1. The van der Waals surface area contributed by atoms with Gasteiger partial charge in [0.2, 0.25) is 0 Å². The Balaban J connectivity index is 2.85. The predicted molar refractivity (Wildman–Crippen MR) is 86.8 cm³/mol. The van der Waals surface area contributed by atoms with Crippen molar-refractivity contribution in [2.45, 2.75) is 27.1 Å². The number of fused-ring (bicyclic) bond motifs is 1. The molecule has 0 amide bonds. The van der Waals surface area contributed by atoms with E-state index in [-0.39, 0.29) is 11.3 Å². The Morgan fingerprint density at radius 3 is 2.04 bits per heavy atom. The lowest BCUT2D eigenvalue weighted by Gasteiger charge is -2.21. The van der Waals surface area contributed by atoms with E-state index in [1.807, 2.05) is 0 Å². The van der Waals surface area contributed by atoms with Crippen LogP contribution in [0.25, 0.3) is 10.9 Å². The van der Waals surface area contributed by atoms with Crippen LogP contribution in [0.2, 0.25) is 0 Å². The molecule has 25 heavy (non-hydrogen) atoms.